The van der Waals surface area contributed by atoms with Gasteiger partial charge in [0.25, 0.3) is 0 Å². The van der Waals surface area contributed by atoms with E-state index in [9.17, 15) is 0 Å². The van der Waals surface area contributed by atoms with Crippen molar-refractivity contribution in [1.82, 2.24) is 4.90 Å². The van der Waals surface area contributed by atoms with Crippen LogP contribution >= 0.6 is 0 Å². The number of rotatable bonds is 9. The van der Waals surface area contributed by atoms with Crippen molar-refractivity contribution in [3.8, 4) is 5.75 Å². The van der Waals surface area contributed by atoms with Crippen LogP contribution in [0.3, 0.4) is 0 Å². The smallest absolute Gasteiger partial charge is 0.124 e. The molecule has 0 saturated heterocycles. The molecule has 0 radical (unpaired) electrons. The summed E-state index contributed by atoms with van der Waals surface area (Å²) in [5.74, 6) is 2.51. The second-order valence-corrected chi connectivity index (χ2v) is 8.28. The molecule has 2 unspecified atom stereocenters. The van der Waals surface area contributed by atoms with Crippen molar-refractivity contribution in [2.45, 2.75) is 65.9 Å². The molecule has 0 bridgehead atoms. The fourth-order valence-electron chi connectivity index (χ4n) is 4.03. The minimum Gasteiger partial charge on any atom is -0.496 e. The number of nitrogens with zero attached hydrogens (tertiary/aromatic N) is 2. The maximum absolute atomic E-state index is 6.18. The molecule has 1 aromatic rings. The lowest BCUT2D eigenvalue weighted by Gasteiger charge is -2.31. The maximum atomic E-state index is 6.18. The summed E-state index contributed by atoms with van der Waals surface area (Å²) < 4.78 is 11.8. The number of benzene rings is 1. The van der Waals surface area contributed by atoms with Gasteiger partial charge in [-0.2, -0.15) is 0 Å². The van der Waals surface area contributed by atoms with Gasteiger partial charge >= 0.3 is 0 Å². The molecule has 152 valence electrons. The average molecular weight is 375 g/mol. The Hall–Kier alpha value is -1.55. The largest absolute Gasteiger partial charge is 0.496 e. The highest BCUT2D eigenvalue weighted by Gasteiger charge is 2.24. The summed E-state index contributed by atoms with van der Waals surface area (Å²) in [4.78, 5) is 6.65. The van der Waals surface area contributed by atoms with Gasteiger partial charge in [-0.3, -0.25) is 0 Å². The van der Waals surface area contributed by atoms with E-state index in [1.165, 1.54) is 30.4 Å². The molecule has 1 aliphatic carbocycles. The fraction of sp³-hybridized carbons (Fsp3) is 0.696. The van der Waals surface area contributed by atoms with Crippen molar-refractivity contribution in [3.05, 3.63) is 23.3 Å². The van der Waals surface area contributed by atoms with Crippen molar-refractivity contribution in [2.75, 3.05) is 27.3 Å². The van der Waals surface area contributed by atoms with E-state index in [-0.39, 0.29) is 0 Å². The molecule has 0 amide bonds. The zero-order valence-electron chi connectivity index (χ0n) is 18.1. The fourth-order valence-corrected chi connectivity index (χ4v) is 4.03. The number of methoxy groups -OCH3 is 1. The molecule has 27 heavy (non-hydrogen) atoms. The summed E-state index contributed by atoms with van der Waals surface area (Å²) in [6.07, 6.45) is 8.09. The maximum Gasteiger partial charge on any atom is 0.124 e. The molecule has 1 aliphatic rings. The number of ether oxygens (including phenoxy) is 2. The molecule has 0 N–H and O–H groups in total. The van der Waals surface area contributed by atoms with Crippen LogP contribution in [0.25, 0.3) is 0 Å². The molecule has 4 heteroatoms. The van der Waals surface area contributed by atoms with Crippen LogP contribution < -0.4 is 4.74 Å². The molecular weight excluding hydrogens is 336 g/mol. The third kappa shape index (κ3) is 6.84. The highest BCUT2D eigenvalue weighted by atomic mass is 16.5. The zero-order chi connectivity index (χ0) is 19.8. The molecule has 0 aliphatic heterocycles. The molecule has 1 saturated carbocycles. The summed E-state index contributed by atoms with van der Waals surface area (Å²) in [5.41, 5.74) is 3.39. The minimum absolute atomic E-state index is 0.444. The van der Waals surface area contributed by atoms with Crippen LogP contribution in [0.1, 0.15) is 57.6 Å². The van der Waals surface area contributed by atoms with Gasteiger partial charge < -0.3 is 14.4 Å². The summed E-state index contributed by atoms with van der Waals surface area (Å²) in [6.45, 7) is 10.7. The number of aryl methyl sites for hydroxylation is 2. The van der Waals surface area contributed by atoms with Crippen LogP contribution in [0.15, 0.2) is 17.1 Å². The lowest BCUT2D eigenvalue weighted by atomic mass is 9.82. The van der Waals surface area contributed by atoms with E-state index in [4.69, 9.17) is 9.47 Å². The second-order valence-electron chi connectivity index (χ2n) is 8.28. The van der Waals surface area contributed by atoms with Crippen molar-refractivity contribution >= 4 is 12.0 Å². The number of aliphatic imine (C=N–C) groups is 1. The first-order valence-corrected chi connectivity index (χ1v) is 10.5. The van der Waals surface area contributed by atoms with Crippen molar-refractivity contribution in [1.29, 1.82) is 0 Å². The van der Waals surface area contributed by atoms with E-state index in [0.29, 0.717) is 6.10 Å². The highest BCUT2D eigenvalue weighted by molar-refractivity contribution is 5.64. The standard InChI is InChI=1S/C23H38N2O2/c1-7-25(5)16-24-22-15-23(26-6)20(14-19(22)4)9-8-10-27-21-12-17(2)11-18(3)13-21/h14-18,21H,7-13H2,1-6H3/b24-16+. The van der Waals surface area contributed by atoms with Gasteiger partial charge in [0.2, 0.25) is 0 Å². The minimum atomic E-state index is 0.444. The third-order valence-corrected chi connectivity index (χ3v) is 5.57. The average Bonchev–Trinajstić information content (AvgIpc) is 2.63. The molecule has 1 fully saturated rings. The van der Waals surface area contributed by atoms with Gasteiger partial charge in [0, 0.05) is 26.3 Å². The van der Waals surface area contributed by atoms with Crippen LogP contribution in [0, 0.1) is 18.8 Å². The van der Waals surface area contributed by atoms with E-state index in [1.807, 2.05) is 13.4 Å². The van der Waals surface area contributed by atoms with Crippen molar-refractivity contribution in [3.63, 3.8) is 0 Å². The predicted octanol–water partition coefficient (Wildman–Crippen LogP) is 5.39. The van der Waals surface area contributed by atoms with Gasteiger partial charge in [0.1, 0.15) is 5.75 Å². The Kier molecular flexibility index (Phi) is 8.62. The van der Waals surface area contributed by atoms with Crippen LogP contribution in [0.4, 0.5) is 5.69 Å². The Morgan fingerprint density at radius 3 is 2.52 bits per heavy atom. The monoisotopic (exact) mass is 374 g/mol. The lowest BCUT2D eigenvalue weighted by molar-refractivity contribution is 0.000121. The Balaban J connectivity index is 1.90. The van der Waals surface area contributed by atoms with E-state index in [2.05, 4.69) is 49.7 Å². The number of hydrogen-bond acceptors (Lipinski definition) is 3. The molecule has 2 rings (SSSR count). The van der Waals surface area contributed by atoms with Gasteiger partial charge in [-0.05, 0) is 68.9 Å². The summed E-state index contributed by atoms with van der Waals surface area (Å²) in [5, 5.41) is 0. The first-order chi connectivity index (χ1) is 12.9. The van der Waals surface area contributed by atoms with Gasteiger partial charge in [0.15, 0.2) is 0 Å². The van der Waals surface area contributed by atoms with Crippen LogP contribution in [-0.4, -0.2) is 44.7 Å². The second kappa shape index (κ2) is 10.7. The van der Waals surface area contributed by atoms with Crippen LogP contribution in [-0.2, 0) is 11.2 Å². The van der Waals surface area contributed by atoms with E-state index in [1.54, 1.807) is 7.11 Å². The normalized spacial score (nSPS) is 23.0. The molecule has 1 aromatic carbocycles. The summed E-state index contributed by atoms with van der Waals surface area (Å²) >= 11 is 0. The lowest BCUT2D eigenvalue weighted by Crippen LogP contribution is -2.26. The van der Waals surface area contributed by atoms with Crippen molar-refractivity contribution < 1.29 is 9.47 Å². The zero-order valence-corrected chi connectivity index (χ0v) is 18.1. The molecule has 2 atom stereocenters. The van der Waals surface area contributed by atoms with Crippen LogP contribution in [0.2, 0.25) is 0 Å². The van der Waals surface area contributed by atoms with Gasteiger partial charge in [0.05, 0.1) is 25.2 Å². The SMILES string of the molecule is CCN(C)/C=N/c1cc(OC)c(CCCOC2CC(C)CC(C)C2)cc1C. The Labute approximate surface area is 166 Å². The van der Waals surface area contributed by atoms with Gasteiger partial charge in [-0.15, -0.1) is 0 Å². The Bertz CT molecular complexity index is 605. The molecule has 0 heterocycles. The first kappa shape index (κ1) is 21.7. The van der Waals surface area contributed by atoms with Crippen molar-refractivity contribution in [2.24, 2.45) is 16.8 Å². The van der Waals surface area contributed by atoms with E-state index < -0.39 is 0 Å². The van der Waals surface area contributed by atoms with Gasteiger partial charge in [-0.25, -0.2) is 4.99 Å². The van der Waals surface area contributed by atoms with Crippen LogP contribution in [0.5, 0.6) is 5.75 Å². The molecular formula is C23H38N2O2. The van der Waals surface area contributed by atoms with Gasteiger partial charge in [-0.1, -0.05) is 19.9 Å². The summed E-state index contributed by atoms with van der Waals surface area (Å²) in [6, 6.07) is 4.26. The van der Waals surface area contributed by atoms with E-state index in [0.717, 1.165) is 49.3 Å². The van der Waals surface area contributed by atoms with E-state index >= 15 is 0 Å². The summed E-state index contributed by atoms with van der Waals surface area (Å²) in [7, 11) is 3.76. The topological polar surface area (TPSA) is 34.1 Å². The molecule has 0 spiro atoms. The first-order valence-electron chi connectivity index (χ1n) is 10.5. The Morgan fingerprint density at radius 1 is 1.19 bits per heavy atom. The highest BCUT2D eigenvalue weighted by Crippen LogP contribution is 2.31. The third-order valence-electron chi connectivity index (χ3n) is 5.57. The molecule has 4 nitrogen and oxygen atoms in total. The predicted molar refractivity (Wildman–Crippen MR) is 114 cm³/mol. The Morgan fingerprint density at radius 2 is 1.89 bits per heavy atom. The quantitative estimate of drug-likeness (QED) is 0.330. The number of hydrogen-bond donors (Lipinski definition) is 0. The molecule has 0 aromatic heterocycles.